The highest BCUT2D eigenvalue weighted by molar-refractivity contribution is 7.76. The first kappa shape index (κ1) is 6.47. The molecule has 0 bridgehead atoms. The first-order valence-corrected chi connectivity index (χ1v) is 2.55. The minimum atomic E-state index is -2.01. The predicted molar refractivity (Wildman–Crippen MR) is 27.4 cm³/mol. The molecule has 3 nitrogen and oxygen atoms in total. The number of hydrogen-bond acceptors (Lipinski definition) is 1. The molecule has 0 radical (unpaired) electrons. The number of terminal acetylenes is 1. The quantitative estimate of drug-likeness (QED) is 0.291. The normalized spacial score (nSPS) is 12.1. The molecule has 1 unspecified atom stereocenters. The summed E-state index contributed by atoms with van der Waals surface area (Å²) < 4.78 is 18.7. The van der Waals surface area contributed by atoms with E-state index in [1.807, 2.05) is 6.04 Å². The summed E-state index contributed by atoms with van der Waals surface area (Å²) in [5.74, 6) is 0. The van der Waals surface area contributed by atoms with Gasteiger partial charge in [-0.2, -0.15) is 0 Å². The summed E-state index contributed by atoms with van der Waals surface area (Å²) in [7, 11) is 1.34. The third kappa shape index (κ3) is 2.20. The summed E-state index contributed by atoms with van der Waals surface area (Å²) in [5.41, 5.74) is 0. The molecule has 40 valence electrons. The van der Waals surface area contributed by atoms with Crippen LogP contribution in [-0.2, 0) is 11.3 Å². The van der Waals surface area contributed by atoms with E-state index in [9.17, 15) is 4.21 Å². The monoisotopic (exact) mass is 119 g/mol. The van der Waals surface area contributed by atoms with Gasteiger partial charge in [-0.05, 0) is 0 Å². The van der Waals surface area contributed by atoms with Crippen molar-refractivity contribution < 1.29 is 8.76 Å². The van der Waals surface area contributed by atoms with Gasteiger partial charge in [0.05, 0.1) is 0 Å². The maximum atomic E-state index is 9.82. The highest BCUT2D eigenvalue weighted by atomic mass is 32.2. The van der Waals surface area contributed by atoms with Gasteiger partial charge in [0.2, 0.25) is 0 Å². The molecule has 0 aromatic heterocycles. The fourth-order valence-electron chi connectivity index (χ4n) is 0.0451. The molecule has 0 aromatic rings. The third-order valence-corrected chi connectivity index (χ3v) is 0.990. The summed E-state index contributed by atoms with van der Waals surface area (Å²) in [6, 6.07) is 1.95. The van der Waals surface area contributed by atoms with Crippen LogP contribution in [0.15, 0.2) is 0 Å². The molecule has 0 heterocycles. The second-order valence-corrected chi connectivity index (χ2v) is 1.87. The SMILES string of the molecule is C#CN(C)S(=O)O. The lowest BCUT2D eigenvalue weighted by Gasteiger charge is -1.99. The molecule has 0 aromatic carbocycles. The highest BCUT2D eigenvalue weighted by Gasteiger charge is 1.92. The molecule has 0 saturated heterocycles. The minimum Gasteiger partial charge on any atom is -0.289 e. The largest absolute Gasteiger partial charge is 0.289 e. The Morgan fingerprint density at radius 2 is 2.43 bits per heavy atom. The van der Waals surface area contributed by atoms with Crippen LogP contribution in [0.2, 0.25) is 0 Å². The zero-order chi connectivity index (χ0) is 5.86. The third-order valence-electron chi connectivity index (χ3n) is 0.416. The van der Waals surface area contributed by atoms with Crippen LogP contribution in [0.5, 0.6) is 0 Å². The molecule has 0 aliphatic carbocycles. The molecule has 0 fully saturated rings. The van der Waals surface area contributed by atoms with Gasteiger partial charge in [-0.1, -0.05) is 6.42 Å². The van der Waals surface area contributed by atoms with Crippen molar-refractivity contribution in [3.8, 4) is 12.5 Å². The van der Waals surface area contributed by atoms with Crippen LogP contribution in [-0.4, -0.2) is 20.1 Å². The van der Waals surface area contributed by atoms with Crippen molar-refractivity contribution in [1.29, 1.82) is 0 Å². The fourth-order valence-corrected chi connectivity index (χ4v) is 0.135. The van der Waals surface area contributed by atoms with Gasteiger partial charge in [0, 0.05) is 13.1 Å². The van der Waals surface area contributed by atoms with Gasteiger partial charge < -0.3 is 0 Å². The van der Waals surface area contributed by atoms with E-state index in [0.29, 0.717) is 0 Å². The lowest BCUT2D eigenvalue weighted by Crippen LogP contribution is -2.12. The summed E-state index contributed by atoms with van der Waals surface area (Å²) in [5, 5.41) is 0. The Morgan fingerprint density at radius 1 is 2.00 bits per heavy atom. The van der Waals surface area contributed by atoms with Crippen LogP contribution in [0.25, 0.3) is 0 Å². The van der Waals surface area contributed by atoms with Crippen LogP contribution in [0.3, 0.4) is 0 Å². The molecular weight excluding hydrogens is 114 g/mol. The van der Waals surface area contributed by atoms with E-state index < -0.39 is 11.3 Å². The average molecular weight is 119 g/mol. The second-order valence-electron chi connectivity index (χ2n) is 0.857. The number of hydrogen-bond donors (Lipinski definition) is 1. The molecule has 4 heteroatoms. The molecule has 0 amide bonds. The van der Waals surface area contributed by atoms with Gasteiger partial charge in [-0.3, -0.25) is 4.55 Å². The van der Waals surface area contributed by atoms with Crippen LogP contribution in [0.4, 0.5) is 0 Å². The van der Waals surface area contributed by atoms with Gasteiger partial charge in [0.1, 0.15) is 0 Å². The van der Waals surface area contributed by atoms with Crippen molar-refractivity contribution in [2.24, 2.45) is 0 Å². The van der Waals surface area contributed by atoms with Crippen LogP contribution >= 0.6 is 0 Å². The Labute approximate surface area is 44.7 Å². The smallest absolute Gasteiger partial charge is 0.268 e. The zero-order valence-corrected chi connectivity index (χ0v) is 4.60. The Balaban J connectivity index is 3.63. The van der Waals surface area contributed by atoms with Crippen molar-refractivity contribution in [1.82, 2.24) is 4.31 Å². The summed E-state index contributed by atoms with van der Waals surface area (Å²) in [6.45, 7) is 0. The maximum Gasteiger partial charge on any atom is 0.268 e. The Hall–Kier alpha value is -0.530. The second kappa shape index (κ2) is 2.61. The Kier molecular flexibility index (Phi) is 2.41. The standard InChI is InChI=1S/C3H5NO2S/c1-3-4(2)7(5)6/h1H,2H3,(H,5,6). The summed E-state index contributed by atoms with van der Waals surface area (Å²) in [6.07, 6.45) is 4.70. The Bertz CT molecular complexity index is 117. The average Bonchev–Trinajstić information content (AvgIpc) is 1.65. The van der Waals surface area contributed by atoms with Crippen molar-refractivity contribution in [2.45, 2.75) is 0 Å². The van der Waals surface area contributed by atoms with E-state index >= 15 is 0 Å². The lowest BCUT2D eigenvalue weighted by atomic mass is 11.1. The van der Waals surface area contributed by atoms with Gasteiger partial charge >= 0.3 is 0 Å². The Morgan fingerprint density at radius 3 is 2.43 bits per heavy atom. The molecule has 1 atom stereocenters. The van der Waals surface area contributed by atoms with Crippen LogP contribution in [0, 0.1) is 12.5 Å². The summed E-state index contributed by atoms with van der Waals surface area (Å²) >= 11 is -2.01. The van der Waals surface area contributed by atoms with Crippen LogP contribution < -0.4 is 0 Å². The van der Waals surface area contributed by atoms with E-state index in [2.05, 4.69) is 0 Å². The fraction of sp³-hybridized carbons (Fsp3) is 0.333. The van der Waals surface area contributed by atoms with Gasteiger partial charge in [0.25, 0.3) is 11.3 Å². The maximum absolute atomic E-state index is 9.82. The highest BCUT2D eigenvalue weighted by Crippen LogP contribution is 1.77. The molecule has 7 heavy (non-hydrogen) atoms. The van der Waals surface area contributed by atoms with Gasteiger partial charge in [0.15, 0.2) is 0 Å². The van der Waals surface area contributed by atoms with Crippen molar-refractivity contribution >= 4 is 11.3 Å². The number of nitrogens with zero attached hydrogens (tertiary/aromatic N) is 1. The molecule has 0 aliphatic heterocycles. The van der Waals surface area contributed by atoms with Gasteiger partial charge in [-0.25, -0.2) is 8.51 Å². The first-order valence-electron chi connectivity index (χ1n) is 1.49. The lowest BCUT2D eigenvalue weighted by molar-refractivity contribution is 0.514. The minimum absolute atomic E-state index is 0.847. The molecule has 0 rings (SSSR count). The predicted octanol–water partition coefficient (Wildman–Crippen LogP) is -0.354. The molecule has 0 spiro atoms. The molecular formula is C3H5NO2S. The molecule has 0 saturated carbocycles. The van der Waals surface area contributed by atoms with E-state index in [4.69, 9.17) is 11.0 Å². The van der Waals surface area contributed by atoms with E-state index in [1.165, 1.54) is 7.05 Å². The van der Waals surface area contributed by atoms with Crippen molar-refractivity contribution in [3.05, 3.63) is 0 Å². The molecule has 0 aliphatic rings. The summed E-state index contributed by atoms with van der Waals surface area (Å²) in [4.78, 5) is 0. The van der Waals surface area contributed by atoms with Crippen molar-refractivity contribution in [2.75, 3.05) is 7.05 Å². The van der Waals surface area contributed by atoms with E-state index in [0.717, 1.165) is 4.31 Å². The van der Waals surface area contributed by atoms with E-state index in [-0.39, 0.29) is 0 Å². The van der Waals surface area contributed by atoms with Crippen molar-refractivity contribution in [3.63, 3.8) is 0 Å². The topological polar surface area (TPSA) is 40.5 Å². The first-order chi connectivity index (χ1) is 3.18. The molecule has 1 N–H and O–H groups in total. The van der Waals surface area contributed by atoms with E-state index in [1.54, 1.807) is 0 Å². The number of rotatable bonds is 1. The van der Waals surface area contributed by atoms with Gasteiger partial charge in [-0.15, -0.1) is 0 Å². The van der Waals surface area contributed by atoms with Crippen LogP contribution in [0.1, 0.15) is 0 Å². The zero-order valence-electron chi connectivity index (χ0n) is 3.79.